The first-order valence-corrected chi connectivity index (χ1v) is 9.83. The Morgan fingerprint density at radius 3 is 2.48 bits per heavy atom. The van der Waals surface area contributed by atoms with Gasteiger partial charge in [-0.2, -0.15) is 0 Å². The van der Waals surface area contributed by atoms with E-state index in [-0.39, 0.29) is 5.91 Å². The Morgan fingerprint density at radius 2 is 1.72 bits per heavy atom. The molecule has 7 heteroatoms. The fraction of sp³-hybridized carbons (Fsp3) is 0.167. The monoisotopic (exact) mass is 370 g/mol. The first-order chi connectivity index (χ1) is 12.3. The maximum absolute atomic E-state index is 11.9. The number of benzene rings is 2. The summed E-state index contributed by atoms with van der Waals surface area (Å²) in [6.45, 7) is 0.644. The van der Waals surface area contributed by atoms with Crippen LogP contribution in [0, 0.1) is 0 Å². The first kappa shape index (κ1) is 17.6. The number of nitrogens with one attached hydrogen (secondary N) is 1. The van der Waals surface area contributed by atoms with Crippen molar-refractivity contribution in [3.63, 3.8) is 0 Å². The zero-order valence-electron chi connectivity index (χ0n) is 13.5. The number of carbonyl (C=O) groups is 1. The van der Waals surface area contributed by atoms with Crippen molar-refractivity contribution in [1.29, 1.82) is 0 Å². The van der Waals surface area contributed by atoms with Gasteiger partial charge in [-0.25, -0.2) is 9.67 Å². The lowest BCUT2D eigenvalue weighted by Gasteiger charge is -2.04. The van der Waals surface area contributed by atoms with Crippen molar-refractivity contribution < 1.29 is 4.79 Å². The average Bonchev–Trinajstić information content (AvgIpc) is 3.14. The van der Waals surface area contributed by atoms with Gasteiger partial charge in [0.15, 0.2) is 0 Å². The van der Waals surface area contributed by atoms with Crippen LogP contribution in [-0.2, 0) is 4.79 Å². The lowest BCUT2D eigenvalue weighted by atomic mass is 10.3. The van der Waals surface area contributed by atoms with Crippen LogP contribution >= 0.6 is 23.5 Å². The van der Waals surface area contributed by atoms with Gasteiger partial charge < -0.3 is 5.32 Å². The van der Waals surface area contributed by atoms with E-state index in [9.17, 15) is 4.79 Å². The van der Waals surface area contributed by atoms with Crippen LogP contribution in [0.5, 0.6) is 0 Å². The molecule has 0 spiro atoms. The second kappa shape index (κ2) is 9.29. The summed E-state index contributed by atoms with van der Waals surface area (Å²) in [6.07, 6.45) is 1.66. The van der Waals surface area contributed by atoms with Crippen LogP contribution in [-0.4, -0.2) is 38.7 Å². The lowest BCUT2D eigenvalue weighted by molar-refractivity contribution is -0.118. The van der Waals surface area contributed by atoms with Gasteiger partial charge in [0.05, 0.1) is 11.4 Å². The van der Waals surface area contributed by atoms with Crippen LogP contribution < -0.4 is 5.32 Å². The van der Waals surface area contributed by atoms with Crippen LogP contribution in [0.1, 0.15) is 0 Å². The molecule has 0 unspecified atom stereocenters. The van der Waals surface area contributed by atoms with Gasteiger partial charge >= 0.3 is 0 Å². The molecule has 2 aromatic carbocycles. The van der Waals surface area contributed by atoms with Crippen molar-refractivity contribution in [2.45, 2.75) is 10.1 Å². The summed E-state index contributed by atoms with van der Waals surface area (Å²) in [4.78, 5) is 17.3. The van der Waals surface area contributed by atoms with Gasteiger partial charge in [0.1, 0.15) is 6.33 Å². The molecule has 128 valence electrons. The number of hydrogen-bond donors (Lipinski definition) is 1. The summed E-state index contributed by atoms with van der Waals surface area (Å²) < 4.78 is 1.71. The van der Waals surface area contributed by atoms with Crippen LogP contribution in [0.25, 0.3) is 5.69 Å². The Balaban J connectivity index is 1.37. The van der Waals surface area contributed by atoms with Crippen LogP contribution in [0.3, 0.4) is 0 Å². The van der Waals surface area contributed by atoms with Gasteiger partial charge in [-0.3, -0.25) is 4.79 Å². The largest absolute Gasteiger partial charge is 0.355 e. The number of thioether (sulfide) groups is 2. The van der Waals surface area contributed by atoms with Crippen molar-refractivity contribution in [2.24, 2.45) is 0 Å². The van der Waals surface area contributed by atoms with Crippen LogP contribution in [0.15, 0.2) is 77.0 Å². The SMILES string of the molecule is O=C(CSc1ncn(-c2ccccc2)n1)NCCSc1ccccc1. The number of rotatable bonds is 8. The van der Waals surface area contributed by atoms with Gasteiger partial charge in [0.25, 0.3) is 0 Å². The second-order valence-electron chi connectivity index (χ2n) is 5.11. The minimum absolute atomic E-state index is 0.00489. The standard InChI is InChI=1S/C18H18N4OS2/c23-17(19-11-12-24-16-9-5-2-6-10-16)13-25-18-20-14-22(21-18)15-7-3-1-4-8-15/h1-10,14H,11-13H2,(H,19,23). The molecule has 1 heterocycles. The van der Waals surface area contributed by atoms with E-state index in [1.54, 1.807) is 22.8 Å². The van der Waals surface area contributed by atoms with Gasteiger partial charge in [-0.05, 0) is 24.3 Å². The minimum atomic E-state index is -0.00489. The maximum Gasteiger partial charge on any atom is 0.230 e. The second-order valence-corrected chi connectivity index (χ2v) is 7.22. The van der Waals surface area contributed by atoms with Crippen molar-refractivity contribution >= 4 is 29.4 Å². The topological polar surface area (TPSA) is 59.8 Å². The van der Waals surface area contributed by atoms with Crippen LogP contribution in [0.4, 0.5) is 0 Å². The Kier molecular flexibility index (Phi) is 6.53. The summed E-state index contributed by atoms with van der Waals surface area (Å²) in [7, 11) is 0. The number of amides is 1. The number of hydrogen-bond acceptors (Lipinski definition) is 5. The fourth-order valence-electron chi connectivity index (χ4n) is 2.08. The van der Waals surface area contributed by atoms with Crippen molar-refractivity contribution in [1.82, 2.24) is 20.1 Å². The summed E-state index contributed by atoms with van der Waals surface area (Å²) in [5.74, 6) is 1.16. The predicted molar refractivity (Wildman–Crippen MR) is 102 cm³/mol. The van der Waals surface area contributed by atoms with Crippen molar-refractivity contribution in [3.05, 3.63) is 67.0 Å². The summed E-state index contributed by atoms with van der Waals surface area (Å²) in [5, 5.41) is 7.89. The summed E-state index contributed by atoms with van der Waals surface area (Å²) in [5.41, 5.74) is 0.948. The van der Waals surface area contributed by atoms with E-state index in [1.165, 1.54) is 16.7 Å². The lowest BCUT2D eigenvalue weighted by Crippen LogP contribution is -2.27. The maximum atomic E-state index is 11.9. The number of aromatic nitrogens is 3. The molecule has 0 aliphatic rings. The molecule has 3 aromatic rings. The molecular weight excluding hydrogens is 352 g/mol. The molecule has 0 aliphatic carbocycles. The average molecular weight is 371 g/mol. The Bertz CT molecular complexity index is 793. The molecule has 0 radical (unpaired) electrons. The van der Waals surface area contributed by atoms with E-state index < -0.39 is 0 Å². The zero-order valence-corrected chi connectivity index (χ0v) is 15.2. The zero-order chi connectivity index (χ0) is 17.3. The molecule has 0 aliphatic heterocycles. The number of nitrogens with zero attached hydrogens (tertiary/aromatic N) is 3. The Morgan fingerprint density at radius 1 is 1.00 bits per heavy atom. The molecule has 0 saturated carbocycles. The minimum Gasteiger partial charge on any atom is -0.355 e. The normalized spacial score (nSPS) is 10.6. The highest BCUT2D eigenvalue weighted by Gasteiger charge is 2.07. The van der Waals surface area contributed by atoms with E-state index in [1.807, 2.05) is 48.5 Å². The molecule has 3 rings (SSSR count). The predicted octanol–water partition coefficient (Wildman–Crippen LogP) is 3.27. The molecule has 25 heavy (non-hydrogen) atoms. The van der Waals surface area contributed by atoms with Gasteiger partial charge in [0, 0.05) is 17.2 Å². The van der Waals surface area contributed by atoms with Crippen molar-refractivity contribution in [3.8, 4) is 5.69 Å². The molecule has 5 nitrogen and oxygen atoms in total. The fourth-order valence-corrected chi connectivity index (χ4v) is 3.50. The van der Waals surface area contributed by atoms with E-state index in [2.05, 4.69) is 27.5 Å². The molecule has 0 atom stereocenters. The highest BCUT2D eigenvalue weighted by molar-refractivity contribution is 7.99. The third-order valence-electron chi connectivity index (χ3n) is 3.26. The highest BCUT2D eigenvalue weighted by Crippen LogP contribution is 2.16. The Hall–Kier alpha value is -2.25. The number of para-hydroxylation sites is 1. The molecule has 0 fully saturated rings. The molecule has 1 amide bonds. The smallest absolute Gasteiger partial charge is 0.230 e. The molecule has 1 aromatic heterocycles. The number of carbonyl (C=O) groups excluding carboxylic acids is 1. The van der Waals surface area contributed by atoms with Gasteiger partial charge in [-0.15, -0.1) is 16.9 Å². The molecule has 0 bridgehead atoms. The molecular formula is C18H18N4OS2. The van der Waals surface area contributed by atoms with Crippen molar-refractivity contribution in [2.75, 3.05) is 18.1 Å². The van der Waals surface area contributed by atoms with E-state index >= 15 is 0 Å². The van der Waals surface area contributed by atoms with Gasteiger partial charge in [-0.1, -0.05) is 48.2 Å². The Labute approximate surface area is 155 Å². The summed E-state index contributed by atoms with van der Waals surface area (Å²) >= 11 is 3.06. The summed E-state index contributed by atoms with van der Waals surface area (Å²) in [6, 6.07) is 19.9. The van der Waals surface area contributed by atoms with Crippen LogP contribution in [0.2, 0.25) is 0 Å². The van der Waals surface area contributed by atoms with E-state index in [0.717, 1.165) is 11.4 Å². The van der Waals surface area contributed by atoms with E-state index in [4.69, 9.17) is 0 Å². The van der Waals surface area contributed by atoms with Gasteiger partial charge in [0.2, 0.25) is 11.1 Å². The van der Waals surface area contributed by atoms with E-state index in [0.29, 0.717) is 17.5 Å². The first-order valence-electron chi connectivity index (χ1n) is 7.86. The highest BCUT2D eigenvalue weighted by atomic mass is 32.2. The molecule has 0 saturated heterocycles. The third kappa shape index (κ3) is 5.65. The third-order valence-corrected chi connectivity index (χ3v) is 5.13. The molecule has 1 N–H and O–H groups in total. The quantitative estimate of drug-likeness (QED) is 0.487.